The van der Waals surface area contributed by atoms with Crippen LogP contribution in [-0.2, 0) is 16.5 Å². The van der Waals surface area contributed by atoms with Crippen LogP contribution in [0.3, 0.4) is 0 Å². The maximum Gasteiger partial charge on any atom is 0.272 e. The van der Waals surface area contributed by atoms with Crippen molar-refractivity contribution in [3.05, 3.63) is 170 Å². The zero-order valence-electron chi connectivity index (χ0n) is 35.0. The molecule has 3 aromatic heterocycles. The molecular weight excluding hydrogens is 840 g/mol. The van der Waals surface area contributed by atoms with Crippen LogP contribution < -0.4 is 20.9 Å². The van der Waals surface area contributed by atoms with Gasteiger partial charge in [-0.1, -0.05) is 54.9 Å². The first kappa shape index (κ1) is 42.4. The predicted molar refractivity (Wildman–Crippen MR) is 244 cm³/mol. The number of aryl methyl sites for hydroxylation is 1. The number of anilines is 2. The van der Waals surface area contributed by atoms with Gasteiger partial charge >= 0.3 is 0 Å². The molecule has 16 heteroatoms. The zero-order chi connectivity index (χ0) is 44.2. The van der Waals surface area contributed by atoms with Crippen molar-refractivity contribution >= 4 is 55.8 Å². The second-order valence-corrected chi connectivity index (χ2v) is 15.7. The number of benzene rings is 5. The Morgan fingerprint density at radius 1 is 0.859 bits per heavy atom. The van der Waals surface area contributed by atoms with Crippen molar-refractivity contribution in [3.63, 3.8) is 0 Å². The van der Waals surface area contributed by atoms with Crippen LogP contribution in [0.1, 0.15) is 59.1 Å². The summed E-state index contributed by atoms with van der Waals surface area (Å²) in [5, 5.41) is 27.4. The molecule has 4 N–H and O–H groups in total. The highest BCUT2D eigenvalue weighted by atomic mass is 35.5. The predicted octanol–water partition coefficient (Wildman–Crippen LogP) is 9.05. The van der Waals surface area contributed by atoms with E-state index in [-0.39, 0.29) is 17.2 Å². The van der Waals surface area contributed by atoms with E-state index in [1.54, 1.807) is 24.0 Å². The van der Waals surface area contributed by atoms with Crippen LogP contribution in [0.25, 0.3) is 32.8 Å². The molecular formula is C48H44ClF2N9O4. The summed E-state index contributed by atoms with van der Waals surface area (Å²) >= 11 is 6.59. The number of H-pyrrole nitrogens is 2. The summed E-state index contributed by atoms with van der Waals surface area (Å²) in [6, 6.07) is 28.7. The first-order valence-corrected chi connectivity index (χ1v) is 21.3. The average molecular weight is 884 g/mol. The molecule has 64 heavy (non-hydrogen) atoms. The number of nitrogens with zero attached hydrogens (tertiary/aromatic N) is 5. The van der Waals surface area contributed by atoms with Crippen molar-refractivity contribution in [1.82, 2.24) is 35.2 Å². The van der Waals surface area contributed by atoms with E-state index in [1.807, 2.05) is 60.7 Å². The summed E-state index contributed by atoms with van der Waals surface area (Å²) in [5.41, 5.74) is 8.12. The van der Waals surface area contributed by atoms with Gasteiger partial charge in [0.05, 0.1) is 66.2 Å². The molecule has 13 nitrogen and oxygen atoms in total. The third-order valence-electron chi connectivity index (χ3n) is 11.3. The lowest BCUT2D eigenvalue weighted by Gasteiger charge is -2.33. The molecule has 0 amide bonds. The van der Waals surface area contributed by atoms with E-state index in [9.17, 15) is 13.6 Å². The largest absolute Gasteiger partial charge is 0.491 e. The number of aromatic nitrogens is 7. The number of aromatic amines is 2. The quantitative estimate of drug-likeness (QED) is 0.0514. The van der Waals surface area contributed by atoms with Gasteiger partial charge in [-0.15, -0.1) is 0 Å². The highest BCUT2D eigenvalue weighted by Gasteiger charge is 2.38. The molecule has 2 atom stereocenters. The molecule has 0 unspecified atom stereocenters. The third kappa shape index (κ3) is 8.82. The lowest BCUT2D eigenvalue weighted by atomic mass is 9.83. The third-order valence-corrected chi connectivity index (χ3v) is 11.7. The van der Waals surface area contributed by atoms with Gasteiger partial charge in [-0.3, -0.25) is 14.6 Å². The summed E-state index contributed by atoms with van der Waals surface area (Å²) < 4.78 is 47.9. The molecule has 9 rings (SSSR count). The number of hydrogen-bond donors (Lipinski definition) is 4. The number of rotatable bonds is 17. The molecule has 5 aromatic carbocycles. The van der Waals surface area contributed by atoms with E-state index in [0.717, 1.165) is 50.0 Å². The topological polar surface area (TPSA) is 157 Å². The molecule has 1 aliphatic rings. The van der Waals surface area contributed by atoms with E-state index < -0.39 is 17.3 Å². The average Bonchev–Trinajstić information content (AvgIpc) is 3.96. The van der Waals surface area contributed by atoms with Crippen molar-refractivity contribution in [2.24, 2.45) is 7.05 Å². The van der Waals surface area contributed by atoms with Crippen LogP contribution in [0, 0.1) is 11.6 Å². The van der Waals surface area contributed by atoms with Crippen LogP contribution in [0.4, 0.5) is 20.2 Å². The van der Waals surface area contributed by atoms with Crippen molar-refractivity contribution < 1.29 is 23.0 Å². The fourth-order valence-corrected chi connectivity index (χ4v) is 8.64. The smallest absolute Gasteiger partial charge is 0.272 e. The van der Waals surface area contributed by atoms with Crippen molar-refractivity contribution in [2.75, 3.05) is 50.2 Å². The van der Waals surface area contributed by atoms with Gasteiger partial charge in [0.1, 0.15) is 36.1 Å². The summed E-state index contributed by atoms with van der Waals surface area (Å²) in [6.45, 7) is 4.73. The minimum absolute atomic E-state index is 0.224. The van der Waals surface area contributed by atoms with Gasteiger partial charge < -0.3 is 24.8 Å². The molecule has 0 spiro atoms. The van der Waals surface area contributed by atoms with Crippen molar-refractivity contribution in [2.45, 2.75) is 25.3 Å². The van der Waals surface area contributed by atoms with E-state index in [1.165, 1.54) is 30.6 Å². The van der Waals surface area contributed by atoms with E-state index in [4.69, 9.17) is 25.8 Å². The number of nitrogens with one attached hydrogen (secondary N) is 4. The molecule has 326 valence electrons. The Morgan fingerprint density at radius 2 is 1.64 bits per heavy atom. The van der Waals surface area contributed by atoms with Crippen LogP contribution in [0.5, 0.6) is 5.75 Å². The number of halogens is 3. The first-order valence-electron chi connectivity index (χ1n) is 20.9. The monoisotopic (exact) mass is 883 g/mol. The molecule has 8 aromatic rings. The fourth-order valence-electron chi connectivity index (χ4n) is 8.35. The summed E-state index contributed by atoms with van der Waals surface area (Å²) in [7, 11) is 1.80. The SMILES string of the molecule is CC/C(=C(/c1ccc(OCCOCCOCCNc2ccc([C@H]3Nc4cc(F)cc5c(=O)[nH]nc(c45)[C@@H]3c3ncnn3C)cc2)cc1)c1ccc2[nH]ncc2c1)c1ccc(F)cc1Cl. The van der Waals surface area contributed by atoms with Gasteiger partial charge in [0.15, 0.2) is 0 Å². The summed E-state index contributed by atoms with van der Waals surface area (Å²) in [4.78, 5) is 17.1. The zero-order valence-corrected chi connectivity index (χ0v) is 35.8. The lowest BCUT2D eigenvalue weighted by molar-refractivity contribution is 0.0395. The highest BCUT2D eigenvalue weighted by Crippen LogP contribution is 2.46. The van der Waals surface area contributed by atoms with Crippen LogP contribution in [0.2, 0.25) is 5.02 Å². The first-order chi connectivity index (χ1) is 31.2. The van der Waals surface area contributed by atoms with E-state index in [0.29, 0.717) is 79.4 Å². The minimum atomic E-state index is -0.516. The van der Waals surface area contributed by atoms with Crippen molar-refractivity contribution in [1.29, 1.82) is 0 Å². The number of allylic oxidation sites excluding steroid dienone is 1. The number of ether oxygens (including phenoxy) is 3. The molecule has 4 heterocycles. The number of hydrogen-bond acceptors (Lipinski definition) is 10. The summed E-state index contributed by atoms with van der Waals surface area (Å²) in [6.07, 6.45) is 3.94. The Bertz CT molecular complexity index is 3020. The standard InChI is InChI=1S/C48H44ClF2N9O4/c1-3-36(37-14-9-32(50)24-39(37)49)42(30-8-15-40-31(22-30)26-54-57-40)28-6-12-35(13-7-28)64-21-20-63-19-18-62-17-16-52-34-10-4-29(5-11-34)45-44(47-53-27-55-60(47)2)46-43-38(48(61)59-58-46)23-33(51)25-41(43)56-45/h4-15,22-27,44-45,52,56H,3,16-21H2,1-2H3,(H,54,57)(H,59,61)/b42-36+/t44-,45-/m1/s1. The van der Waals surface area contributed by atoms with Crippen molar-refractivity contribution in [3.8, 4) is 5.75 Å². The Morgan fingerprint density at radius 3 is 2.41 bits per heavy atom. The second-order valence-electron chi connectivity index (χ2n) is 15.3. The fraction of sp³-hybridized carbons (Fsp3) is 0.229. The lowest BCUT2D eigenvalue weighted by Crippen LogP contribution is -2.30. The Labute approximate surface area is 371 Å². The minimum Gasteiger partial charge on any atom is -0.491 e. The maximum atomic E-state index is 14.6. The van der Waals surface area contributed by atoms with Crippen LogP contribution in [-0.4, -0.2) is 74.7 Å². The van der Waals surface area contributed by atoms with Crippen LogP contribution in [0.15, 0.2) is 114 Å². The molecule has 0 fully saturated rings. The van der Waals surface area contributed by atoms with Gasteiger partial charge in [0.2, 0.25) is 0 Å². The molecule has 0 radical (unpaired) electrons. The van der Waals surface area contributed by atoms with Gasteiger partial charge in [-0.2, -0.15) is 15.3 Å². The maximum absolute atomic E-state index is 14.6. The highest BCUT2D eigenvalue weighted by molar-refractivity contribution is 6.32. The van der Waals surface area contributed by atoms with Gasteiger partial charge in [0, 0.05) is 35.7 Å². The molecule has 0 bridgehead atoms. The molecule has 1 aliphatic heterocycles. The Balaban J connectivity index is 0.745. The van der Waals surface area contributed by atoms with E-state index in [2.05, 4.69) is 54.1 Å². The Hall–Kier alpha value is -6.94. The molecule has 0 saturated carbocycles. The van der Waals surface area contributed by atoms with E-state index >= 15 is 0 Å². The second kappa shape index (κ2) is 18.8. The molecule has 0 saturated heterocycles. The normalized spacial score (nSPS) is 15.0. The Kier molecular flexibility index (Phi) is 12.4. The van der Waals surface area contributed by atoms with Crippen LogP contribution >= 0.6 is 11.6 Å². The van der Waals surface area contributed by atoms with Gasteiger partial charge in [-0.25, -0.2) is 18.9 Å². The van der Waals surface area contributed by atoms with Gasteiger partial charge in [0.25, 0.3) is 5.56 Å². The number of fused-ring (bicyclic) bond motifs is 1. The summed E-state index contributed by atoms with van der Waals surface area (Å²) in [5.74, 6) is 0.0414. The molecule has 0 aliphatic carbocycles. The van der Waals surface area contributed by atoms with Gasteiger partial charge in [-0.05, 0) is 100 Å².